The summed E-state index contributed by atoms with van der Waals surface area (Å²) in [6, 6.07) is 5.15. The number of carbonyl (C=O) groups excluding carboxylic acids is 1. The molecule has 0 spiro atoms. The number of carbonyl (C=O) groups is 1. The highest BCUT2D eigenvalue weighted by Crippen LogP contribution is 2.25. The Kier molecular flexibility index (Phi) is 5.29. The molecule has 5 heteroatoms. The second-order valence-corrected chi connectivity index (χ2v) is 3.49. The molecule has 0 aliphatic carbocycles. The molecule has 0 unspecified atom stereocenters. The summed E-state index contributed by atoms with van der Waals surface area (Å²) in [6.07, 6.45) is 0.567. The molecule has 0 aromatic heterocycles. The Balaban J connectivity index is 2.81. The molecule has 1 rings (SSSR count). The van der Waals surface area contributed by atoms with E-state index < -0.39 is 0 Å². The molecule has 94 valence electrons. The van der Waals surface area contributed by atoms with Crippen molar-refractivity contribution in [3.63, 3.8) is 0 Å². The van der Waals surface area contributed by atoms with E-state index >= 15 is 0 Å². The van der Waals surface area contributed by atoms with Crippen LogP contribution in [0.5, 0.6) is 5.75 Å². The number of nitrogens with one attached hydrogen (secondary N) is 2. The molecule has 5 nitrogen and oxygen atoms in total. The maximum Gasteiger partial charge on any atom is 0.319 e. The Bertz CT molecular complexity index is 380. The van der Waals surface area contributed by atoms with Gasteiger partial charge in [0.15, 0.2) is 0 Å². The molecule has 0 saturated heterocycles. The number of anilines is 1. The second-order valence-electron chi connectivity index (χ2n) is 3.49. The number of methoxy groups -OCH3 is 1. The molecule has 0 bridgehead atoms. The lowest BCUT2D eigenvalue weighted by molar-refractivity contribution is 0.252. The summed E-state index contributed by atoms with van der Waals surface area (Å²) in [7, 11) is 1.54. The number of amides is 2. The van der Waals surface area contributed by atoms with Crippen LogP contribution < -0.4 is 15.4 Å². The molecule has 2 amide bonds. The highest BCUT2D eigenvalue weighted by atomic mass is 16.5. The number of benzene rings is 1. The lowest BCUT2D eigenvalue weighted by Gasteiger charge is -2.11. The number of hydrogen-bond acceptors (Lipinski definition) is 3. The topological polar surface area (TPSA) is 70.6 Å². The molecule has 0 aliphatic heterocycles. The predicted octanol–water partition coefficient (Wildman–Crippen LogP) is 1.37. The minimum Gasteiger partial charge on any atom is -0.495 e. The van der Waals surface area contributed by atoms with Gasteiger partial charge in [-0.1, -0.05) is 6.07 Å². The number of rotatable bonds is 5. The van der Waals surface area contributed by atoms with Crippen LogP contribution >= 0.6 is 0 Å². The lowest BCUT2D eigenvalue weighted by atomic mass is 10.1. The molecule has 0 heterocycles. The van der Waals surface area contributed by atoms with Crippen molar-refractivity contribution in [2.75, 3.05) is 25.6 Å². The van der Waals surface area contributed by atoms with E-state index in [2.05, 4.69) is 10.6 Å². The van der Waals surface area contributed by atoms with E-state index in [0.717, 1.165) is 5.56 Å². The molecule has 0 saturated carbocycles. The van der Waals surface area contributed by atoms with Crippen molar-refractivity contribution in [1.29, 1.82) is 0 Å². The smallest absolute Gasteiger partial charge is 0.319 e. The molecular formula is C12H18N2O3. The minimum absolute atomic E-state index is 0.0895. The Morgan fingerprint density at radius 3 is 2.82 bits per heavy atom. The van der Waals surface area contributed by atoms with Crippen LogP contribution in [0.3, 0.4) is 0 Å². The summed E-state index contributed by atoms with van der Waals surface area (Å²) in [5.74, 6) is 0.585. The van der Waals surface area contributed by atoms with Gasteiger partial charge in [-0.25, -0.2) is 4.79 Å². The Morgan fingerprint density at radius 1 is 1.47 bits per heavy atom. The summed E-state index contributed by atoms with van der Waals surface area (Å²) in [5.41, 5.74) is 1.57. The molecule has 0 aliphatic rings. The number of hydrogen-bond donors (Lipinski definition) is 3. The third-order valence-corrected chi connectivity index (χ3v) is 2.25. The molecule has 17 heavy (non-hydrogen) atoms. The van der Waals surface area contributed by atoms with Gasteiger partial charge in [-0.05, 0) is 31.0 Å². The van der Waals surface area contributed by atoms with Crippen molar-refractivity contribution >= 4 is 11.7 Å². The van der Waals surface area contributed by atoms with Gasteiger partial charge in [0.25, 0.3) is 0 Å². The van der Waals surface area contributed by atoms with Gasteiger partial charge in [0.2, 0.25) is 0 Å². The van der Waals surface area contributed by atoms with E-state index in [0.29, 0.717) is 24.4 Å². The van der Waals surface area contributed by atoms with Gasteiger partial charge in [-0.15, -0.1) is 0 Å². The Labute approximate surface area is 101 Å². The molecule has 0 fully saturated rings. The third kappa shape index (κ3) is 3.96. The van der Waals surface area contributed by atoms with E-state index in [1.807, 2.05) is 13.0 Å². The summed E-state index contributed by atoms with van der Waals surface area (Å²) in [6.45, 7) is 2.50. The fourth-order valence-corrected chi connectivity index (χ4v) is 1.45. The van der Waals surface area contributed by atoms with Crippen molar-refractivity contribution < 1.29 is 14.6 Å². The summed E-state index contributed by atoms with van der Waals surface area (Å²) in [4.78, 5) is 11.4. The Morgan fingerprint density at radius 2 is 2.24 bits per heavy atom. The van der Waals surface area contributed by atoms with Crippen LogP contribution in [0.15, 0.2) is 18.2 Å². The van der Waals surface area contributed by atoms with Crippen LogP contribution in [0.4, 0.5) is 10.5 Å². The highest BCUT2D eigenvalue weighted by molar-refractivity contribution is 5.90. The van der Waals surface area contributed by atoms with Gasteiger partial charge in [0, 0.05) is 13.2 Å². The fraction of sp³-hybridized carbons (Fsp3) is 0.417. The van der Waals surface area contributed by atoms with Crippen LogP contribution in [-0.4, -0.2) is 31.4 Å². The maximum atomic E-state index is 11.4. The first-order chi connectivity index (χ1) is 8.21. The molecule has 1 aromatic carbocycles. The monoisotopic (exact) mass is 238 g/mol. The van der Waals surface area contributed by atoms with Crippen molar-refractivity contribution in [1.82, 2.24) is 5.32 Å². The summed E-state index contributed by atoms with van der Waals surface area (Å²) >= 11 is 0. The van der Waals surface area contributed by atoms with Crippen molar-refractivity contribution in [3.05, 3.63) is 23.8 Å². The standard InChI is InChI=1S/C12H18N2O3/c1-3-13-12(16)14-10-5-4-9(6-7-15)8-11(10)17-2/h4-5,8,15H,3,6-7H2,1-2H3,(H2,13,14,16). The summed E-state index contributed by atoms with van der Waals surface area (Å²) < 4.78 is 5.19. The van der Waals surface area contributed by atoms with Crippen LogP contribution in [0, 0.1) is 0 Å². The van der Waals surface area contributed by atoms with Crippen LogP contribution in [0.25, 0.3) is 0 Å². The van der Waals surface area contributed by atoms with Gasteiger partial charge in [-0.2, -0.15) is 0 Å². The maximum absolute atomic E-state index is 11.4. The van der Waals surface area contributed by atoms with E-state index in [-0.39, 0.29) is 12.6 Å². The van der Waals surface area contributed by atoms with Gasteiger partial charge in [-0.3, -0.25) is 0 Å². The summed E-state index contributed by atoms with van der Waals surface area (Å²) in [5, 5.41) is 14.2. The number of urea groups is 1. The number of aliphatic hydroxyl groups is 1. The number of ether oxygens (including phenoxy) is 1. The minimum atomic E-state index is -0.263. The molecule has 3 N–H and O–H groups in total. The third-order valence-electron chi connectivity index (χ3n) is 2.25. The first kappa shape index (κ1) is 13.3. The zero-order chi connectivity index (χ0) is 12.7. The quantitative estimate of drug-likeness (QED) is 0.725. The van der Waals surface area contributed by atoms with E-state index in [9.17, 15) is 4.79 Å². The predicted molar refractivity (Wildman–Crippen MR) is 66.5 cm³/mol. The normalized spacial score (nSPS) is 9.82. The van der Waals surface area contributed by atoms with E-state index in [1.54, 1.807) is 19.2 Å². The molecular weight excluding hydrogens is 220 g/mol. The molecule has 0 radical (unpaired) electrons. The Hall–Kier alpha value is -1.75. The average molecular weight is 238 g/mol. The van der Waals surface area contributed by atoms with Crippen LogP contribution in [0.1, 0.15) is 12.5 Å². The van der Waals surface area contributed by atoms with Gasteiger partial charge < -0.3 is 20.5 Å². The fourth-order valence-electron chi connectivity index (χ4n) is 1.45. The molecule has 1 aromatic rings. The first-order valence-corrected chi connectivity index (χ1v) is 5.53. The first-order valence-electron chi connectivity index (χ1n) is 5.53. The lowest BCUT2D eigenvalue weighted by Crippen LogP contribution is -2.28. The van der Waals surface area contributed by atoms with Crippen LogP contribution in [-0.2, 0) is 6.42 Å². The van der Waals surface area contributed by atoms with E-state index in [4.69, 9.17) is 9.84 Å². The zero-order valence-corrected chi connectivity index (χ0v) is 10.1. The van der Waals surface area contributed by atoms with Gasteiger partial charge >= 0.3 is 6.03 Å². The van der Waals surface area contributed by atoms with Gasteiger partial charge in [0.05, 0.1) is 12.8 Å². The van der Waals surface area contributed by atoms with Crippen LogP contribution in [0.2, 0.25) is 0 Å². The van der Waals surface area contributed by atoms with Gasteiger partial charge in [0.1, 0.15) is 5.75 Å². The molecule has 0 atom stereocenters. The zero-order valence-electron chi connectivity index (χ0n) is 10.1. The van der Waals surface area contributed by atoms with Crippen molar-refractivity contribution in [2.24, 2.45) is 0 Å². The van der Waals surface area contributed by atoms with Crippen molar-refractivity contribution in [2.45, 2.75) is 13.3 Å². The van der Waals surface area contributed by atoms with Crippen molar-refractivity contribution in [3.8, 4) is 5.75 Å². The van der Waals surface area contributed by atoms with E-state index in [1.165, 1.54) is 0 Å². The largest absolute Gasteiger partial charge is 0.495 e. The number of aliphatic hydroxyl groups excluding tert-OH is 1. The highest BCUT2D eigenvalue weighted by Gasteiger charge is 2.07. The second kappa shape index (κ2) is 6.75. The average Bonchev–Trinajstić information content (AvgIpc) is 2.31. The SMILES string of the molecule is CCNC(=O)Nc1ccc(CCO)cc1OC.